The van der Waals surface area contributed by atoms with Gasteiger partial charge in [0.2, 0.25) is 10.0 Å². The second-order valence-electron chi connectivity index (χ2n) is 7.42. The number of aliphatic carboxylic acids is 1. The molecule has 0 aliphatic carbocycles. The number of carboxylic acid groups (broad SMARTS) is 1. The summed E-state index contributed by atoms with van der Waals surface area (Å²) in [6.45, 7) is 2.27. The monoisotopic (exact) mass is 430 g/mol. The molecule has 0 aliphatic heterocycles. The molecule has 1 atom stereocenters. The molecule has 162 valence electrons. The van der Waals surface area contributed by atoms with Gasteiger partial charge >= 0.3 is 5.97 Å². The second-order valence-corrected chi connectivity index (χ2v) is 9.18. The van der Waals surface area contributed by atoms with Crippen molar-refractivity contribution in [1.82, 2.24) is 9.71 Å². The van der Waals surface area contributed by atoms with Crippen molar-refractivity contribution in [3.8, 4) is 0 Å². The third kappa shape index (κ3) is 8.88. The van der Waals surface area contributed by atoms with E-state index < -0.39 is 16.0 Å². The van der Waals surface area contributed by atoms with Crippen molar-refractivity contribution < 1.29 is 18.3 Å². The fourth-order valence-electron chi connectivity index (χ4n) is 3.21. The van der Waals surface area contributed by atoms with Gasteiger partial charge in [0.15, 0.2) is 0 Å². The summed E-state index contributed by atoms with van der Waals surface area (Å²) in [7, 11) is -3.49. The second kappa shape index (κ2) is 12.2. The summed E-state index contributed by atoms with van der Waals surface area (Å²) in [6, 6.07) is 10.7. The van der Waals surface area contributed by atoms with E-state index in [1.165, 1.54) is 11.6 Å². The predicted octanol–water partition coefficient (Wildman–Crippen LogP) is 4.12. The molecule has 0 saturated heterocycles. The zero-order valence-corrected chi connectivity index (χ0v) is 18.1. The highest BCUT2D eigenvalue weighted by Gasteiger charge is 2.13. The predicted molar refractivity (Wildman–Crippen MR) is 118 cm³/mol. The van der Waals surface area contributed by atoms with Crippen molar-refractivity contribution in [2.75, 3.05) is 6.54 Å². The van der Waals surface area contributed by atoms with E-state index in [2.05, 4.69) is 9.71 Å². The Morgan fingerprint density at radius 2 is 1.87 bits per heavy atom. The molecule has 2 N–H and O–H groups in total. The number of nitrogens with one attached hydrogen (secondary N) is 1. The van der Waals surface area contributed by atoms with Crippen LogP contribution in [0.5, 0.6) is 0 Å². The maximum Gasteiger partial charge on any atom is 0.327 e. The lowest BCUT2D eigenvalue weighted by Crippen LogP contribution is -2.24. The van der Waals surface area contributed by atoms with Crippen LogP contribution in [0.15, 0.2) is 65.8 Å². The fraction of sp³-hybridized carbons (Fsp3) is 0.391. The number of carbonyl (C=O) groups is 1. The number of nitrogens with zero attached hydrogens (tertiary/aromatic N) is 1. The van der Waals surface area contributed by atoms with Crippen molar-refractivity contribution >= 4 is 16.0 Å². The van der Waals surface area contributed by atoms with Crippen LogP contribution in [0.25, 0.3) is 0 Å². The lowest BCUT2D eigenvalue weighted by Gasteiger charge is -2.13. The van der Waals surface area contributed by atoms with Gasteiger partial charge < -0.3 is 5.11 Å². The van der Waals surface area contributed by atoms with Crippen molar-refractivity contribution in [2.24, 2.45) is 5.92 Å². The van der Waals surface area contributed by atoms with Crippen molar-refractivity contribution in [3.63, 3.8) is 0 Å². The standard InChI is InChI=1S/C23H30N2O4S/c1-19-10-13-22(14-11-19)30(28,29)25-17-3-2-6-20(12-15-23(26)27)7-4-8-21-9-5-16-24-18-21/h5,9-16,18,20,25H,2-4,6-8,17H2,1H3,(H,26,27)/b15-12+. The smallest absolute Gasteiger partial charge is 0.327 e. The number of carboxylic acids is 1. The van der Waals surface area contributed by atoms with Gasteiger partial charge in [-0.05, 0) is 68.7 Å². The molecule has 0 radical (unpaired) electrons. The summed E-state index contributed by atoms with van der Waals surface area (Å²) >= 11 is 0. The van der Waals surface area contributed by atoms with Gasteiger partial charge in [-0.25, -0.2) is 17.9 Å². The first kappa shape index (κ1) is 23.8. The van der Waals surface area contributed by atoms with Gasteiger partial charge in [0, 0.05) is 25.0 Å². The van der Waals surface area contributed by atoms with Crippen LogP contribution >= 0.6 is 0 Å². The maximum absolute atomic E-state index is 12.3. The Morgan fingerprint density at radius 1 is 1.13 bits per heavy atom. The van der Waals surface area contributed by atoms with E-state index >= 15 is 0 Å². The topological polar surface area (TPSA) is 96.4 Å². The van der Waals surface area contributed by atoms with E-state index in [4.69, 9.17) is 5.11 Å². The van der Waals surface area contributed by atoms with Crippen molar-refractivity contribution in [1.29, 1.82) is 0 Å². The number of rotatable bonds is 13. The molecular weight excluding hydrogens is 400 g/mol. The van der Waals surface area contributed by atoms with Crippen LogP contribution in [0.4, 0.5) is 0 Å². The minimum atomic E-state index is -3.49. The molecule has 30 heavy (non-hydrogen) atoms. The number of unbranched alkanes of at least 4 members (excludes halogenated alkanes) is 1. The van der Waals surface area contributed by atoms with Crippen LogP contribution < -0.4 is 4.72 Å². The zero-order valence-electron chi connectivity index (χ0n) is 17.3. The van der Waals surface area contributed by atoms with Gasteiger partial charge in [0.1, 0.15) is 0 Å². The Labute approximate surface area is 179 Å². The molecule has 0 aliphatic rings. The highest BCUT2D eigenvalue weighted by Crippen LogP contribution is 2.18. The number of benzene rings is 1. The van der Waals surface area contributed by atoms with E-state index in [0.29, 0.717) is 13.0 Å². The summed E-state index contributed by atoms with van der Waals surface area (Å²) < 4.78 is 27.2. The molecular formula is C23H30N2O4S. The normalized spacial score (nSPS) is 12.8. The third-order valence-corrected chi connectivity index (χ3v) is 6.38. The number of allylic oxidation sites excluding steroid dienone is 1. The summed E-state index contributed by atoms with van der Waals surface area (Å²) in [4.78, 5) is 15.2. The van der Waals surface area contributed by atoms with Gasteiger partial charge in [-0.1, -0.05) is 36.3 Å². The molecule has 0 saturated carbocycles. The molecule has 1 aromatic carbocycles. The molecule has 1 heterocycles. The minimum absolute atomic E-state index is 0.159. The summed E-state index contributed by atoms with van der Waals surface area (Å²) in [5.41, 5.74) is 2.18. The average molecular weight is 431 g/mol. The molecule has 1 unspecified atom stereocenters. The van der Waals surface area contributed by atoms with Gasteiger partial charge in [0.25, 0.3) is 0 Å². The lowest BCUT2D eigenvalue weighted by molar-refractivity contribution is -0.131. The van der Waals surface area contributed by atoms with Crippen LogP contribution in [0.2, 0.25) is 0 Å². The Morgan fingerprint density at radius 3 is 2.53 bits per heavy atom. The van der Waals surface area contributed by atoms with Gasteiger partial charge in [-0.15, -0.1) is 0 Å². The van der Waals surface area contributed by atoms with E-state index in [-0.39, 0.29) is 10.8 Å². The van der Waals surface area contributed by atoms with E-state index in [1.54, 1.807) is 36.5 Å². The number of hydrogen-bond donors (Lipinski definition) is 2. The number of aryl methyl sites for hydroxylation is 2. The highest BCUT2D eigenvalue weighted by molar-refractivity contribution is 7.89. The SMILES string of the molecule is Cc1ccc(S(=O)(=O)NCCCCC(/C=C/C(=O)O)CCCc2cccnc2)cc1. The summed E-state index contributed by atoms with van der Waals surface area (Å²) in [6.07, 6.45) is 11.6. The van der Waals surface area contributed by atoms with Crippen LogP contribution in [-0.4, -0.2) is 31.0 Å². The molecule has 1 aromatic heterocycles. The average Bonchev–Trinajstić information content (AvgIpc) is 2.72. The van der Waals surface area contributed by atoms with E-state index in [9.17, 15) is 13.2 Å². The van der Waals surface area contributed by atoms with E-state index in [1.807, 2.05) is 25.3 Å². The fourth-order valence-corrected chi connectivity index (χ4v) is 4.28. The molecule has 7 heteroatoms. The number of aromatic nitrogens is 1. The Bertz CT molecular complexity index is 910. The molecule has 0 bridgehead atoms. The quantitative estimate of drug-likeness (QED) is 0.368. The minimum Gasteiger partial charge on any atom is -0.478 e. The first-order chi connectivity index (χ1) is 14.4. The summed E-state index contributed by atoms with van der Waals surface area (Å²) in [5, 5.41) is 8.92. The molecule has 6 nitrogen and oxygen atoms in total. The number of sulfonamides is 1. The van der Waals surface area contributed by atoms with Crippen LogP contribution in [0.1, 0.15) is 43.2 Å². The lowest BCUT2D eigenvalue weighted by atomic mass is 9.94. The Kier molecular flexibility index (Phi) is 9.70. The third-order valence-electron chi connectivity index (χ3n) is 4.90. The molecule has 0 spiro atoms. The van der Waals surface area contributed by atoms with Gasteiger partial charge in [-0.3, -0.25) is 4.98 Å². The summed E-state index contributed by atoms with van der Waals surface area (Å²) in [5.74, 6) is -0.787. The number of hydrogen-bond acceptors (Lipinski definition) is 4. The maximum atomic E-state index is 12.3. The van der Waals surface area contributed by atoms with Crippen LogP contribution in [0.3, 0.4) is 0 Å². The largest absolute Gasteiger partial charge is 0.478 e. The molecule has 2 rings (SSSR count). The number of pyridine rings is 1. The van der Waals surface area contributed by atoms with Crippen LogP contribution in [-0.2, 0) is 21.2 Å². The molecule has 0 amide bonds. The molecule has 2 aromatic rings. The van der Waals surface area contributed by atoms with Crippen molar-refractivity contribution in [2.45, 2.75) is 50.3 Å². The van der Waals surface area contributed by atoms with Crippen LogP contribution in [0, 0.1) is 12.8 Å². The Balaban J connectivity index is 1.75. The highest BCUT2D eigenvalue weighted by atomic mass is 32.2. The Hall–Kier alpha value is -2.51. The van der Waals surface area contributed by atoms with E-state index in [0.717, 1.165) is 37.7 Å². The van der Waals surface area contributed by atoms with Gasteiger partial charge in [-0.2, -0.15) is 0 Å². The molecule has 0 fully saturated rings. The zero-order chi connectivity index (χ0) is 21.8. The van der Waals surface area contributed by atoms with Crippen molar-refractivity contribution in [3.05, 3.63) is 72.1 Å². The first-order valence-electron chi connectivity index (χ1n) is 10.2. The van der Waals surface area contributed by atoms with Gasteiger partial charge in [0.05, 0.1) is 4.90 Å². The first-order valence-corrected chi connectivity index (χ1v) is 11.7.